The molecule has 1 aliphatic heterocycles. The summed E-state index contributed by atoms with van der Waals surface area (Å²) in [5, 5.41) is 0. The molecule has 32 heavy (non-hydrogen) atoms. The Morgan fingerprint density at radius 2 is 1.66 bits per heavy atom. The quantitative estimate of drug-likeness (QED) is 0.569. The molecule has 4 rings (SSSR count). The van der Waals surface area contributed by atoms with Crippen LogP contribution in [0.4, 0.5) is 10.1 Å². The standard InChI is InChI=1S/C25H23FN2O3S/c1-3-27(4-2)24(29)17-13-14-23-21(15-17)28(16-18-9-5-7-11-20(18)26)25(30)19-10-6-8-12-22(19)32(23)31/h5-15H,3-4,16H2,1-2H3/t32-/m0/s1. The molecule has 3 aromatic carbocycles. The van der Waals surface area contributed by atoms with Crippen LogP contribution in [-0.2, 0) is 17.3 Å². The number of carbonyl (C=O) groups is 2. The average molecular weight is 451 g/mol. The van der Waals surface area contributed by atoms with Gasteiger partial charge >= 0.3 is 0 Å². The van der Waals surface area contributed by atoms with Gasteiger partial charge in [0.15, 0.2) is 0 Å². The van der Waals surface area contributed by atoms with Crippen LogP contribution in [0.25, 0.3) is 0 Å². The van der Waals surface area contributed by atoms with Crippen molar-refractivity contribution in [2.75, 3.05) is 18.0 Å². The first-order chi connectivity index (χ1) is 15.5. The smallest absolute Gasteiger partial charge is 0.259 e. The molecule has 0 N–H and O–H groups in total. The molecule has 0 saturated heterocycles. The maximum absolute atomic E-state index is 14.5. The Bertz CT molecular complexity index is 1220. The molecule has 0 aromatic heterocycles. The third kappa shape index (κ3) is 3.84. The second-order valence-electron chi connectivity index (χ2n) is 7.41. The van der Waals surface area contributed by atoms with Crippen molar-refractivity contribution in [2.24, 2.45) is 0 Å². The van der Waals surface area contributed by atoms with Gasteiger partial charge in [0.1, 0.15) is 5.82 Å². The van der Waals surface area contributed by atoms with Crippen molar-refractivity contribution in [1.82, 2.24) is 4.90 Å². The average Bonchev–Trinajstić information content (AvgIpc) is 2.90. The molecule has 1 atom stereocenters. The van der Waals surface area contributed by atoms with Crippen LogP contribution in [0.2, 0.25) is 0 Å². The molecule has 0 radical (unpaired) electrons. The SMILES string of the molecule is CCN(CC)C(=O)c1ccc2c(c1)N(Cc1ccccc1F)C(=O)c1ccccc1[S@@]2=O. The molecule has 5 nitrogen and oxygen atoms in total. The van der Waals surface area contributed by atoms with Crippen molar-refractivity contribution < 1.29 is 18.2 Å². The van der Waals surface area contributed by atoms with Gasteiger partial charge in [0, 0.05) is 24.2 Å². The highest BCUT2D eigenvalue weighted by Crippen LogP contribution is 2.36. The zero-order valence-corrected chi connectivity index (χ0v) is 18.7. The zero-order chi connectivity index (χ0) is 22.8. The Morgan fingerprint density at radius 1 is 0.969 bits per heavy atom. The number of amides is 2. The summed E-state index contributed by atoms with van der Waals surface area (Å²) in [6.07, 6.45) is 0. The Kier molecular flexibility index (Phi) is 6.19. The maximum atomic E-state index is 14.5. The third-order valence-corrected chi connectivity index (χ3v) is 7.10. The van der Waals surface area contributed by atoms with Gasteiger partial charge in [0.05, 0.1) is 38.4 Å². The van der Waals surface area contributed by atoms with Crippen molar-refractivity contribution >= 4 is 28.3 Å². The molecule has 3 aromatic rings. The van der Waals surface area contributed by atoms with Crippen LogP contribution in [0, 0.1) is 5.82 Å². The topological polar surface area (TPSA) is 57.7 Å². The van der Waals surface area contributed by atoms with Gasteiger partial charge in [-0.05, 0) is 50.2 Å². The molecular formula is C25H23FN2O3S. The van der Waals surface area contributed by atoms with Crippen LogP contribution in [0.15, 0.2) is 76.5 Å². The number of anilines is 1. The van der Waals surface area contributed by atoms with E-state index in [4.69, 9.17) is 0 Å². The highest BCUT2D eigenvalue weighted by atomic mass is 32.2. The van der Waals surface area contributed by atoms with Crippen LogP contribution in [-0.4, -0.2) is 34.0 Å². The van der Waals surface area contributed by atoms with Crippen LogP contribution < -0.4 is 4.90 Å². The lowest BCUT2D eigenvalue weighted by Crippen LogP contribution is -2.32. The fourth-order valence-electron chi connectivity index (χ4n) is 3.84. The van der Waals surface area contributed by atoms with Gasteiger partial charge in [0.25, 0.3) is 11.8 Å². The summed E-state index contributed by atoms with van der Waals surface area (Å²) in [7, 11) is -1.63. The number of fused-ring (bicyclic) bond motifs is 2. The summed E-state index contributed by atoms with van der Waals surface area (Å²) >= 11 is 0. The number of hydrogen-bond donors (Lipinski definition) is 0. The van der Waals surface area contributed by atoms with E-state index in [2.05, 4.69) is 0 Å². The lowest BCUT2D eigenvalue weighted by atomic mass is 10.1. The van der Waals surface area contributed by atoms with E-state index < -0.39 is 16.6 Å². The monoisotopic (exact) mass is 450 g/mol. The minimum Gasteiger partial charge on any atom is -0.339 e. The van der Waals surface area contributed by atoms with Gasteiger partial charge in [-0.1, -0.05) is 30.3 Å². The molecule has 1 heterocycles. The first-order valence-electron chi connectivity index (χ1n) is 10.5. The predicted octanol–water partition coefficient (Wildman–Crippen LogP) is 4.63. The first kappa shape index (κ1) is 21.9. The summed E-state index contributed by atoms with van der Waals surface area (Å²) in [4.78, 5) is 30.4. The molecule has 7 heteroatoms. The molecule has 1 aliphatic rings. The van der Waals surface area contributed by atoms with Gasteiger partial charge in [-0.3, -0.25) is 9.59 Å². The van der Waals surface area contributed by atoms with Gasteiger partial charge < -0.3 is 9.80 Å². The van der Waals surface area contributed by atoms with Crippen molar-refractivity contribution in [1.29, 1.82) is 0 Å². The minimum atomic E-state index is -1.63. The highest BCUT2D eigenvalue weighted by Gasteiger charge is 2.32. The van der Waals surface area contributed by atoms with Gasteiger partial charge in [-0.25, -0.2) is 8.60 Å². The number of halogens is 1. The lowest BCUT2D eigenvalue weighted by Gasteiger charge is -2.25. The maximum Gasteiger partial charge on any atom is 0.259 e. The molecule has 0 saturated carbocycles. The second-order valence-corrected chi connectivity index (χ2v) is 8.82. The molecule has 0 spiro atoms. The number of hydrogen-bond acceptors (Lipinski definition) is 3. The van der Waals surface area contributed by atoms with Crippen molar-refractivity contribution in [3.05, 3.63) is 89.2 Å². The van der Waals surface area contributed by atoms with E-state index in [1.54, 1.807) is 65.6 Å². The first-order valence-corrected chi connectivity index (χ1v) is 11.6. The molecule has 0 aliphatic carbocycles. The summed E-state index contributed by atoms with van der Waals surface area (Å²) in [6, 6.07) is 17.8. The number of carbonyl (C=O) groups excluding carboxylic acids is 2. The summed E-state index contributed by atoms with van der Waals surface area (Å²) in [5.74, 6) is -0.997. The normalized spacial score (nSPS) is 15.0. The summed E-state index contributed by atoms with van der Waals surface area (Å²) in [6.45, 7) is 4.82. The minimum absolute atomic E-state index is 0.0487. The largest absolute Gasteiger partial charge is 0.339 e. The van der Waals surface area contributed by atoms with E-state index in [0.29, 0.717) is 45.3 Å². The van der Waals surface area contributed by atoms with Gasteiger partial charge in [0.2, 0.25) is 0 Å². The van der Waals surface area contributed by atoms with E-state index in [1.807, 2.05) is 13.8 Å². The Balaban J connectivity index is 1.90. The molecule has 0 fully saturated rings. The van der Waals surface area contributed by atoms with Gasteiger partial charge in [-0.15, -0.1) is 0 Å². The lowest BCUT2D eigenvalue weighted by molar-refractivity contribution is 0.0772. The van der Waals surface area contributed by atoms with Crippen LogP contribution >= 0.6 is 0 Å². The van der Waals surface area contributed by atoms with Crippen LogP contribution in [0.5, 0.6) is 0 Å². The third-order valence-electron chi connectivity index (χ3n) is 5.60. The summed E-state index contributed by atoms with van der Waals surface area (Å²) < 4.78 is 27.9. The number of rotatable bonds is 5. The summed E-state index contributed by atoms with van der Waals surface area (Å²) in [5.41, 5.74) is 1.37. The van der Waals surface area contributed by atoms with E-state index in [0.717, 1.165) is 0 Å². The van der Waals surface area contributed by atoms with Crippen LogP contribution in [0.3, 0.4) is 0 Å². The van der Waals surface area contributed by atoms with Crippen molar-refractivity contribution in [3.63, 3.8) is 0 Å². The second kappa shape index (κ2) is 9.04. The molecule has 164 valence electrons. The van der Waals surface area contributed by atoms with Crippen molar-refractivity contribution in [2.45, 2.75) is 30.2 Å². The van der Waals surface area contributed by atoms with E-state index in [-0.39, 0.29) is 18.4 Å². The Labute approximate surface area is 188 Å². The number of benzene rings is 3. The van der Waals surface area contributed by atoms with Crippen LogP contribution in [0.1, 0.15) is 40.1 Å². The van der Waals surface area contributed by atoms with E-state index in [9.17, 15) is 18.2 Å². The van der Waals surface area contributed by atoms with Crippen molar-refractivity contribution in [3.8, 4) is 0 Å². The fraction of sp³-hybridized carbons (Fsp3) is 0.200. The molecule has 0 unspecified atom stereocenters. The van der Waals surface area contributed by atoms with E-state index in [1.165, 1.54) is 11.0 Å². The van der Waals surface area contributed by atoms with E-state index >= 15 is 0 Å². The molecular weight excluding hydrogens is 427 g/mol. The predicted molar refractivity (Wildman–Crippen MR) is 122 cm³/mol. The fourth-order valence-corrected chi connectivity index (χ4v) is 5.19. The Morgan fingerprint density at radius 3 is 2.38 bits per heavy atom. The highest BCUT2D eigenvalue weighted by molar-refractivity contribution is 7.85. The number of nitrogens with zero attached hydrogens (tertiary/aromatic N) is 2. The zero-order valence-electron chi connectivity index (χ0n) is 17.9. The molecule has 0 bridgehead atoms. The molecule has 2 amide bonds. The van der Waals surface area contributed by atoms with Gasteiger partial charge in [-0.2, -0.15) is 0 Å². The Hall–Kier alpha value is -3.32.